The van der Waals surface area contributed by atoms with Crippen molar-refractivity contribution >= 4 is 60.8 Å². The molecule has 0 atom stereocenters. The average Bonchev–Trinajstić information content (AvgIpc) is 3.98. The molecule has 0 aliphatic heterocycles. The lowest BCUT2D eigenvalue weighted by Crippen LogP contribution is -2.09. The van der Waals surface area contributed by atoms with Crippen molar-refractivity contribution in [3.05, 3.63) is 267 Å². The summed E-state index contributed by atoms with van der Waals surface area (Å²) in [6.45, 7) is 0. The van der Waals surface area contributed by atoms with Crippen LogP contribution in [0.15, 0.2) is 271 Å². The summed E-state index contributed by atoms with van der Waals surface area (Å²) >= 11 is 0. The standard InChI is InChI=1S/C66H44N2O/c1-2-13-45(14-3-1)48-33-39-53(40-34-48)67(55-43-37-50(38-44-55)47-27-31-52(32-28-47)57-19-12-20-61-60-18-7-11-24-65(60)69-66(57)61)54-41-35-49(36-42-54)46-25-29-51(30-26-46)56-15-4-8-21-62(56)68-63-22-9-5-16-58(63)59-17-6-10-23-64(59)68/h1-44H. The minimum absolute atomic E-state index is 0.911. The van der Waals surface area contributed by atoms with E-state index in [9.17, 15) is 0 Å². The molecule has 0 saturated carbocycles. The van der Waals surface area contributed by atoms with Crippen LogP contribution in [0.1, 0.15) is 0 Å². The van der Waals surface area contributed by atoms with Crippen molar-refractivity contribution in [3.63, 3.8) is 0 Å². The van der Waals surface area contributed by atoms with Gasteiger partial charge in [-0.25, -0.2) is 0 Å². The van der Waals surface area contributed by atoms with Gasteiger partial charge in [-0.2, -0.15) is 0 Å². The summed E-state index contributed by atoms with van der Waals surface area (Å²) in [5.74, 6) is 0. The molecule has 0 amide bonds. The molecule has 3 heteroatoms. The van der Waals surface area contributed by atoms with Crippen molar-refractivity contribution in [2.45, 2.75) is 0 Å². The van der Waals surface area contributed by atoms with Gasteiger partial charge in [-0.15, -0.1) is 0 Å². The van der Waals surface area contributed by atoms with Crippen LogP contribution in [0, 0.1) is 0 Å². The lowest BCUT2D eigenvalue weighted by molar-refractivity contribution is 0.670. The number of hydrogen-bond donors (Lipinski definition) is 0. The lowest BCUT2D eigenvalue weighted by Gasteiger charge is -2.26. The van der Waals surface area contributed by atoms with Crippen LogP contribution in [0.5, 0.6) is 0 Å². The number of hydrogen-bond acceptors (Lipinski definition) is 2. The second-order valence-corrected chi connectivity index (χ2v) is 17.7. The van der Waals surface area contributed by atoms with Crippen LogP contribution in [0.2, 0.25) is 0 Å². The highest BCUT2D eigenvalue weighted by Gasteiger charge is 2.18. The zero-order chi connectivity index (χ0) is 45.7. The molecular weight excluding hydrogens is 837 g/mol. The SMILES string of the molecule is c1ccc(-c2ccc(N(c3ccc(-c4ccc(-c5ccccc5-n5c6ccccc6c6ccccc65)cc4)cc3)c3ccc(-c4ccc(-c5cccc6c5oc5ccccc56)cc4)cc3)cc2)cc1. The predicted molar refractivity (Wildman–Crippen MR) is 290 cm³/mol. The van der Waals surface area contributed by atoms with E-state index in [0.717, 1.165) is 66.8 Å². The molecule has 11 aromatic carbocycles. The maximum atomic E-state index is 6.37. The molecule has 0 radical (unpaired) electrons. The van der Waals surface area contributed by atoms with Crippen LogP contribution in [-0.2, 0) is 0 Å². The highest BCUT2D eigenvalue weighted by Crippen LogP contribution is 2.41. The Hall–Kier alpha value is -9.18. The summed E-state index contributed by atoms with van der Waals surface area (Å²) in [5, 5.41) is 4.80. The monoisotopic (exact) mass is 880 g/mol. The Labute approximate surface area is 401 Å². The van der Waals surface area contributed by atoms with Crippen molar-refractivity contribution in [1.82, 2.24) is 4.57 Å². The first kappa shape index (κ1) is 40.1. The van der Waals surface area contributed by atoms with E-state index in [4.69, 9.17) is 4.42 Å². The lowest BCUT2D eigenvalue weighted by atomic mass is 9.98. The number of furan rings is 1. The van der Waals surface area contributed by atoms with Crippen LogP contribution < -0.4 is 4.90 Å². The Morgan fingerprint density at radius 3 is 1.19 bits per heavy atom. The molecular formula is C66H44N2O. The predicted octanol–water partition coefficient (Wildman–Crippen LogP) is 18.5. The summed E-state index contributed by atoms with van der Waals surface area (Å²) in [6.07, 6.45) is 0. The Balaban J connectivity index is 0.806. The van der Waals surface area contributed by atoms with Gasteiger partial charge >= 0.3 is 0 Å². The smallest absolute Gasteiger partial charge is 0.143 e. The molecule has 69 heavy (non-hydrogen) atoms. The van der Waals surface area contributed by atoms with E-state index in [1.807, 2.05) is 12.1 Å². The highest BCUT2D eigenvalue weighted by molar-refractivity contribution is 6.10. The number of fused-ring (bicyclic) bond motifs is 6. The third kappa shape index (κ3) is 7.16. The maximum absolute atomic E-state index is 6.37. The molecule has 0 unspecified atom stereocenters. The van der Waals surface area contributed by atoms with Gasteiger partial charge in [0, 0.05) is 49.7 Å². The first-order valence-electron chi connectivity index (χ1n) is 23.6. The third-order valence-corrected chi connectivity index (χ3v) is 13.7. The molecule has 0 N–H and O–H groups in total. The first-order valence-corrected chi connectivity index (χ1v) is 23.6. The number of para-hydroxylation sites is 5. The number of rotatable bonds is 9. The van der Waals surface area contributed by atoms with Crippen LogP contribution in [-0.4, -0.2) is 4.57 Å². The Kier molecular flexibility index (Phi) is 9.84. The second kappa shape index (κ2) is 16.9. The van der Waals surface area contributed by atoms with E-state index < -0.39 is 0 Å². The van der Waals surface area contributed by atoms with E-state index in [-0.39, 0.29) is 0 Å². The molecule has 0 fully saturated rings. The van der Waals surface area contributed by atoms with Crippen LogP contribution in [0.3, 0.4) is 0 Å². The number of benzene rings is 11. The van der Waals surface area contributed by atoms with Crippen molar-refractivity contribution < 1.29 is 4.42 Å². The molecule has 3 nitrogen and oxygen atoms in total. The fourth-order valence-electron chi connectivity index (χ4n) is 10.2. The molecule has 2 aromatic heterocycles. The summed E-state index contributed by atoms with van der Waals surface area (Å²) in [4.78, 5) is 2.34. The minimum atomic E-state index is 0.911. The van der Waals surface area contributed by atoms with Crippen molar-refractivity contribution in [2.75, 3.05) is 4.90 Å². The number of nitrogens with zero attached hydrogens (tertiary/aromatic N) is 2. The van der Waals surface area contributed by atoms with E-state index >= 15 is 0 Å². The fourth-order valence-corrected chi connectivity index (χ4v) is 10.2. The zero-order valence-electron chi connectivity index (χ0n) is 37.7. The molecule has 13 aromatic rings. The number of aromatic nitrogens is 1. The molecule has 0 saturated heterocycles. The summed E-state index contributed by atoms with van der Waals surface area (Å²) in [6, 6.07) is 95.9. The molecule has 0 spiro atoms. The van der Waals surface area contributed by atoms with Gasteiger partial charge in [-0.3, -0.25) is 0 Å². The van der Waals surface area contributed by atoms with Crippen molar-refractivity contribution in [3.8, 4) is 61.3 Å². The Bertz CT molecular complexity index is 3910. The van der Waals surface area contributed by atoms with Crippen LogP contribution in [0.25, 0.3) is 105 Å². The van der Waals surface area contributed by atoms with Crippen LogP contribution in [0.4, 0.5) is 17.1 Å². The van der Waals surface area contributed by atoms with E-state index in [2.05, 4.69) is 264 Å². The average molecular weight is 881 g/mol. The van der Waals surface area contributed by atoms with Gasteiger partial charge in [0.2, 0.25) is 0 Å². The molecule has 0 aliphatic carbocycles. The molecule has 0 aliphatic rings. The topological polar surface area (TPSA) is 21.3 Å². The Morgan fingerprint density at radius 2 is 0.638 bits per heavy atom. The second-order valence-electron chi connectivity index (χ2n) is 17.7. The molecule has 2 heterocycles. The summed E-state index contributed by atoms with van der Waals surface area (Å²) in [5.41, 5.74) is 20.3. The fraction of sp³-hybridized carbons (Fsp3) is 0. The van der Waals surface area contributed by atoms with Gasteiger partial charge in [-0.05, 0) is 105 Å². The third-order valence-electron chi connectivity index (χ3n) is 13.7. The zero-order valence-corrected chi connectivity index (χ0v) is 37.7. The molecule has 13 rings (SSSR count). The van der Waals surface area contributed by atoms with E-state index in [1.54, 1.807) is 0 Å². The number of anilines is 3. The summed E-state index contributed by atoms with van der Waals surface area (Å²) in [7, 11) is 0. The van der Waals surface area contributed by atoms with Gasteiger partial charge in [0.05, 0.1) is 16.7 Å². The molecule has 324 valence electrons. The largest absolute Gasteiger partial charge is 0.455 e. The maximum Gasteiger partial charge on any atom is 0.143 e. The minimum Gasteiger partial charge on any atom is -0.455 e. The van der Waals surface area contributed by atoms with Gasteiger partial charge in [0.1, 0.15) is 11.2 Å². The van der Waals surface area contributed by atoms with Gasteiger partial charge in [-0.1, -0.05) is 206 Å². The van der Waals surface area contributed by atoms with E-state index in [0.29, 0.717) is 0 Å². The highest BCUT2D eigenvalue weighted by atomic mass is 16.3. The molecule has 0 bridgehead atoms. The van der Waals surface area contributed by atoms with Gasteiger partial charge in [0.25, 0.3) is 0 Å². The van der Waals surface area contributed by atoms with Gasteiger partial charge in [0.15, 0.2) is 0 Å². The van der Waals surface area contributed by atoms with Crippen molar-refractivity contribution in [2.24, 2.45) is 0 Å². The van der Waals surface area contributed by atoms with Crippen LogP contribution >= 0.6 is 0 Å². The van der Waals surface area contributed by atoms with Crippen molar-refractivity contribution in [1.29, 1.82) is 0 Å². The van der Waals surface area contributed by atoms with E-state index in [1.165, 1.54) is 55.3 Å². The van der Waals surface area contributed by atoms with Gasteiger partial charge < -0.3 is 13.9 Å². The Morgan fingerprint density at radius 1 is 0.261 bits per heavy atom. The summed E-state index contributed by atoms with van der Waals surface area (Å²) < 4.78 is 8.77. The first-order chi connectivity index (χ1) is 34.2. The quantitative estimate of drug-likeness (QED) is 0.144. The normalized spacial score (nSPS) is 11.5.